The molecule has 5 heteroatoms. The fourth-order valence-corrected chi connectivity index (χ4v) is 2.10. The summed E-state index contributed by atoms with van der Waals surface area (Å²) in [6, 6.07) is 3.81. The molecule has 0 saturated heterocycles. The lowest BCUT2D eigenvalue weighted by molar-refractivity contribution is -0.122. The number of nitrogens with one attached hydrogen (secondary N) is 2. The molecule has 0 spiro atoms. The van der Waals surface area contributed by atoms with E-state index in [9.17, 15) is 4.79 Å². The number of hydrogen-bond donors (Lipinski definition) is 2. The molecule has 1 fully saturated rings. The van der Waals surface area contributed by atoms with Crippen LogP contribution in [-0.2, 0) is 4.79 Å². The fourth-order valence-electron chi connectivity index (χ4n) is 2.10. The Bertz CT molecular complexity index is 426. The Morgan fingerprint density at radius 1 is 1.40 bits per heavy atom. The highest BCUT2D eigenvalue weighted by molar-refractivity contribution is 5.92. The van der Waals surface area contributed by atoms with Crippen LogP contribution in [0, 0.1) is 5.92 Å². The van der Waals surface area contributed by atoms with Crippen LogP contribution in [0.4, 0.5) is 11.5 Å². The summed E-state index contributed by atoms with van der Waals surface area (Å²) in [5.41, 5.74) is 0.778. The van der Waals surface area contributed by atoms with E-state index in [0.717, 1.165) is 43.9 Å². The summed E-state index contributed by atoms with van der Waals surface area (Å²) in [5.74, 6) is 1.19. The first-order chi connectivity index (χ1) is 9.65. The normalized spacial score (nSPS) is 14.9. The zero-order valence-corrected chi connectivity index (χ0v) is 12.4. The highest BCUT2D eigenvalue weighted by Crippen LogP contribution is 2.27. The Labute approximate surface area is 120 Å². The topological polar surface area (TPSA) is 57.3 Å². The van der Waals surface area contributed by atoms with Crippen LogP contribution in [0.1, 0.15) is 25.7 Å². The third kappa shape index (κ3) is 4.49. The molecule has 1 aromatic rings. The molecule has 1 aromatic heterocycles. The maximum absolute atomic E-state index is 11.8. The molecule has 0 bridgehead atoms. The van der Waals surface area contributed by atoms with Gasteiger partial charge in [-0.2, -0.15) is 0 Å². The lowest BCUT2D eigenvalue weighted by atomic mass is 9.85. The maximum Gasteiger partial charge on any atom is 0.227 e. The Morgan fingerprint density at radius 3 is 2.75 bits per heavy atom. The van der Waals surface area contributed by atoms with Crippen LogP contribution in [0.5, 0.6) is 0 Å². The quantitative estimate of drug-likeness (QED) is 0.750. The Morgan fingerprint density at radius 2 is 2.20 bits per heavy atom. The highest BCUT2D eigenvalue weighted by atomic mass is 16.1. The standard InChI is InChI=1S/C15H24N4O/c1-19(2)10-4-9-16-14-8-7-13(11-17-14)18-15(20)12-5-3-6-12/h7-8,11-12H,3-6,9-10H2,1-2H3,(H,16,17)(H,18,20). The van der Waals surface area contributed by atoms with Crippen LogP contribution in [0.2, 0.25) is 0 Å². The van der Waals surface area contributed by atoms with Gasteiger partial charge in [-0.25, -0.2) is 4.98 Å². The lowest BCUT2D eigenvalue weighted by Crippen LogP contribution is -2.28. The first-order valence-corrected chi connectivity index (χ1v) is 7.30. The summed E-state index contributed by atoms with van der Waals surface area (Å²) in [4.78, 5) is 18.3. The van der Waals surface area contributed by atoms with Gasteiger partial charge < -0.3 is 15.5 Å². The molecule has 1 saturated carbocycles. The number of rotatable bonds is 7. The number of pyridine rings is 1. The van der Waals surface area contributed by atoms with E-state index in [2.05, 4.69) is 34.6 Å². The second kappa shape index (κ2) is 7.24. The van der Waals surface area contributed by atoms with Crippen molar-refractivity contribution < 1.29 is 4.79 Å². The molecule has 0 atom stereocenters. The minimum absolute atomic E-state index is 0.129. The monoisotopic (exact) mass is 276 g/mol. The Hall–Kier alpha value is -1.62. The fraction of sp³-hybridized carbons (Fsp3) is 0.600. The average Bonchev–Trinajstić information content (AvgIpc) is 2.34. The van der Waals surface area contributed by atoms with E-state index in [1.807, 2.05) is 12.1 Å². The maximum atomic E-state index is 11.8. The molecule has 0 aliphatic heterocycles. The van der Waals surface area contributed by atoms with Gasteiger partial charge in [0.1, 0.15) is 5.82 Å². The minimum atomic E-state index is 0.129. The van der Waals surface area contributed by atoms with Crippen LogP contribution in [0.25, 0.3) is 0 Å². The summed E-state index contributed by atoms with van der Waals surface area (Å²) in [6.07, 6.45) is 6.00. The number of anilines is 2. The van der Waals surface area contributed by atoms with Gasteiger partial charge in [0.05, 0.1) is 11.9 Å². The Balaban J connectivity index is 1.73. The SMILES string of the molecule is CN(C)CCCNc1ccc(NC(=O)C2CCC2)cn1. The molecule has 5 nitrogen and oxygen atoms in total. The first-order valence-electron chi connectivity index (χ1n) is 7.30. The van der Waals surface area contributed by atoms with Crippen molar-refractivity contribution in [2.75, 3.05) is 37.8 Å². The summed E-state index contributed by atoms with van der Waals surface area (Å²) in [6.45, 7) is 1.96. The number of aromatic nitrogens is 1. The van der Waals surface area contributed by atoms with Crippen LogP contribution in [0.3, 0.4) is 0 Å². The van der Waals surface area contributed by atoms with Crippen molar-refractivity contribution in [2.45, 2.75) is 25.7 Å². The third-order valence-corrected chi connectivity index (χ3v) is 3.60. The average molecular weight is 276 g/mol. The molecule has 1 aliphatic rings. The van der Waals surface area contributed by atoms with Gasteiger partial charge in [-0.3, -0.25) is 4.79 Å². The number of hydrogen-bond acceptors (Lipinski definition) is 4. The molecule has 2 rings (SSSR count). The molecule has 20 heavy (non-hydrogen) atoms. The van der Waals surface area contributed by atoms with E-state index in [-0.39, 0.29) is 11.8 Å². The molecule has 110 valence electrons. The molecule has 1 amide bonds. The van der Waals surface area contributed by atoms with Crippen molar-refractivity contribution in [3.8, 4) is 0 Å². The summed E-state index contributed by atoms with van der Waals surface area (Å²) in [7, 11) is 4.13. The number of carbonyl (C=O) groups excluding carboxylic acids is 1. The van der Waals surface area contributed by atoms with Crippen molar-refractivity contribution in [1.82, 2.24) is 9.88 Å². The van der Waals surface area contributed by atoms with E-state index >= 15 is 0 Å². The summed E-state index contributed by atoms with van der Waals surface area (Å²) in [5, 5.41) is 6.19. The second-order valence-electron chi connectivity index (χ2n) is 5.63. The van der Waals surface area contributed by atoms with E-state index < -0.39 is 0 Å². The van der Waals surface area contributed by atoms with Gasteiger partial charge >= 0.3 is 0 Å². The third-order valence-electron chi connectivity index (χ3n) is 3.60. The lowest BCUT2D eigenvalue weighted by Gasteiger charge is -2.23. The van der Waals surface area contributed by atoms with Gasteiger partial charge in [0.2, 0.25) is 5.91 Å². The molecule has 1 aliphatic carbocycles. The van der Waals surface area contributed by atoms with Gasteiger partial charge in [0.15, 0.2) is 0 Å². The van der Waals surface area contributed by atoms with E-state index in [1.54, 1.807) is 6.20 Å². The van der Waals surface area contributed by atoms with Gasteiger partial charge in [0.25, 0.3) is 0 Å². The van der Waals surface area contributed by atoms with E-state index in [1.165, 1.54) is 6.42 Å². The van der Waals surface area contributed by atoms with Crippen LogP contribution in [0.15, 0.2) is 18.3 Å². The predicted molar refractivity (Wildman–Crippen MR) is 81.9 cm³/mol. The molecule has 0 unspecified atom stereocenters. The Kier molecular flexibility index (Phi) is 5.35. The van der Waals surface area contributed by atoms with Crippen LogP contribution in [-0.4, -0.2) is 43.0 Å². The summed E-state index contributed by atoms with van der Waals surface area (Å²) >= 11 is 0. The van der Waals surface area contributed by atoms with Gasteiger partial charge in [-0.15, -0.1) is 0 Å². The van der Waals surface area contributed by atoms with Crippen molar-refractivity contribution in [1.29, 1.82) is 0 Å². The molecular formula is C15H24N4O. The van der Waals surface area contributed by atoms with E-state index in [0.29, 0.717) is 0 Å². The van der Waals surface area contributed by atoms with Gasteiger partial charge in [-0.05, 0) is 52.0 Å². The number of nitrogens with zero attached hydrogens (tertiary/aromatic N) is 2. The van der Waals surface area contributed by atoms with Crippen LogP contribution < -0.4 is 10.6 Å². The highest BCUT2D eigenvalue weighted by Gasteiger charge is 2.25. The second-order valence-corrected chi connectivity index (χ2v) is 5.63. The van der Waals surface area contributed by atoms with Crippen molar-refractivity contribution in [3.63, 3.8) is 0 Å². The van der Waals surface area contributed by atoms with Crippen molar-refractivity contribution in [2.24, 2.45) is 5.92 Å². The molecular weight excluding hydrogens is 252 g/mol. The first kappa shape index (κ1) is 14.8. The molecule has 2 N–H and O–H groups in total. The predicted octanol–water partition coefficient (Wildman–Crippen LogP) is 2.18. The number of amides is 1. The number of carbonyl (C=O) groups is 1. The summed E-state index contributed by atoms with van der Waals surface area (Å²) < 4.78 is 0. The zero-order chi connectivity index (χ0) is 14.4. The largest absolute Gasteiger partial charge is 0.370 e. The smallest absolute Gasteiger partial charge is 0.227 e. The van der Waals surface area contributed by atoms with Crippen molar-refractivity contribution >= 4 is 17.4 Å². The molecule has 1 heterocycles. The van der Waals surface area contributed by atoms with Gasteiger partial charge in [0, 0.05) is 12.5 Å². The molecule has 0 aromatic carbocycles. The van der Waals surface area contributed by atoms with Crippen LogP contribution >= 0.6 is 0 Å². The molecule has 0 radical (unpaired) electrons. The minimum Gasteiger partial charge on any atom is -0.370 e. The van der Waals surface area contributed by atoms with E-state index in [4.69, 9.17) is 0 Å². The zero-order valence-electron chi connectivity index (χ0n) is 12.4. The van der Waals surface area contributed by atoms with Gasteiger partial charge in [-0.1, -0.05) is 6.42 Å². The van der Waals surface area contributed by atoms with Crippen molar-refractivity contribution in [3.05, 3.63) is 18.3 Å².